The minimum absolute atomic E-state index is 0.0416. The monoisotopic (exact) mass is 292 g/mol. The Morgan fingerprint density at radius 1 is 1.19 bits per heavy atom. The molecule has 0 aliphatic rings. The van der Waals surface area contributed by atoms with Crippen molar-refractivity contribution in [3.63, 3.8) is 0 Å². The summed E-state index contributed by atoms with van der Waals surface area (Å²) in [6, 6.07) is 8.30. The molecule has 116 valence electrons. The van der Waals surface area contributed by atoms with Crippen LogP contribution in [0, 0.1) is 5.41 Å². The molecule has 0 aromatic heterocycles. The lowest BCUT2D eigenvalue weighted by atomic mass is 9.97. The van der Waals surface area contributed by atoms with Crippen LogP contribution < -0.4 is 10.6 Å². The highest BCUT2D eigenvalue weighted by Crippen LogP contribution is 2.10. The standard InChI is InChI=1S/C16H24N2O3/c1-16(2,3)11-17-15(21)18-13(14(19)20)10-9-12-7-5-4-6-8-12/h4-8,13H,9-11H2,1-3H3,(H,19,20)(H2,17,18,21)/t13-/m0/s1. The topological polar surface area (TPSA) is 78.4 Å². The van der Waals surface area contributed by atoms with Crippen molar-refractivity contribution in [2.45, 2.75) is 39.7 Å². The molecule has 0 aliphatic heterocycles. The van der Waals surface area contributed by atoms with Gasteiger partial charge in [0.15, 0.2) is 0 Å². The van der Waals surface area contributed by atoms with Crippen LogP contribution in [0.3, 0.4) is 0 Å². The molecule has 0 aliphatic carbocycles. The average Bonchev–Trinajstić information content (AvgIpc) is 2.41. The second kappa shape index (κ2) is 7.67. The van der Waals surface area contributed by atoms with Gasteiger partial charge in [-0.3, -0.25) is 0 Å². The van der Waals surface area contributed by atoms with E-state index in [4.69, 9.17) is 0 Å². The van der Waals surface area contributed by atoms with Crippen LogP contribution in [0.15, 0.2) is 30.3 Å². The molecule has 0 spiro atoms. The van der Waals surface area contributed by atoms with E-state index < -0.39 is 18.0 Å². The molecule has 2 amide bonds. The summed E-state index contributed by atoms with van der Waals surface area (Å²) in [5.74, 6) is -1.02. The first-order chi connectivity index (χ1) is 9.78. The molecule has 5 heteroatoms. The van der Waals surface area contributed by atoms with E-state index in [1.165, 1.54) is 0 Å². The number of carbonyl (C=O) groups is 2. The number of benzene rings is 1. The number of aliphatic carboxylic acids is 1. The van der Waals surface area contributed by atoms with Crippen LogP contribution in [-0.2, 0) is 11.2 Å². The first-order valence-corrected chi connectivity index (χ1v) is 7.09. The largest absolute Gasteiger partial charge is 0.480 e. The van der Waals surface area contributed by atoms with E-state index in [0.717, 1.165) is 5.56 Å². The summed E-state index contributed by atoms with van der Waals surface area (Å²) in [5.41, 5.74) is 1.01. The van der Waals surface area contributed by atoms with Crippen molar-refractivity contribution < 1.29 is 14.7 Å². The van der Waals surface area contributed by atoms with E-state index in [2.05, 4.69) is 10.6 Å². The SMILES string of the molecule is CC(C)(C)CNC(=O)N[C@@H](CCc1ccccc1)C(=O)O. The van der Waals surface area contributed by atoms with Gasteiger partial charge in [0, 0.05) is 6.54 Å². The van der Waals surface area contributed by atoms with Crippen molar-refractivity contribution in [2.24, 2.45) is 5.41 Å². The van der Waals surface area contributed by atoms with E-state index in [1.807, 2.05) is 51.1 Å². The Morgan fingerprint density at radius 2 is 1.81 bits per heavy atom. The third-order valence-electron chi connectivity index (χ3n) is 2.95. The number of hydrogen-bond acceptors (Lipinski definition) is 2. The van der Waals surface area contributed by atoms with Crippen molar-refractivity contribution >= 4 is 12.0 Å². The molecular formula is C16H24N2O3. The van der Waals surface area contributed by atoms with Gasteiger partial charge < -0.3 is 15.7 Å². The quantitative estimate of drug-likeness (QED) is 0.753. The fourth-order valence-corrected chi connectivity index (χ4v) is 1.77. The molecule has 0 radical (unpaired) electrons. The number of carboxylic acid groups (broad SMARTS) is 1. The Labute approximate surface area is 125 Å². The number of urea groups is 1. The van der Waals surface area contributed by atoms with E-state index >= 15 is 0 Å². The molecule has 1 aromatic rings. The number of nitrogens with one attached hydrogen (secondary N) is 2. The van der Waals surface area contributed by atoms with Gasteiger partial charge in [-0.25, -0.2) is 9.59 Å². The summed E-state index contributed by atoms with van der Waals surface area (Å²) in [5, 5.41) is 14.4. The number of aryl methyl sites for hydroxylation is 1. The Balaban J connectivity index is 2.46. The lowest BCUT2D eigenvalue weighted by Crippen LogP contribution is -2.47. The smallest absolute Gasteiger partial charge is 0.326 e. The second-order valence-corrected chi connectivity index (χ2v) is 6.30. The van der Waals surface area contributed by atoms with Gasteiger partial charge >= 0.3 is 12.0 Å². The van der Waals surface area contributed by atoms with E-state index in [9.17, 15) is 14.7 Å². The number of rotatable bonds is 6. The fourth-order valence-electron chi connectivity index (χ4n) is 1.77. The number of amides is 2. The number of carbonyl (C=O) groups excluding carboxylic acids is 1. The van der Waals surface area contributed by atoms with Crippen molar-refractivity contribution in [2.75, 3.05) is 6.54 Å². The number of carboxylic acids is 1. The van der Waals surface area contributed by atoms with Crippen molar-refractivity contribution in [3.8, 4) is 0 Å². The average molecular weight is 292 g/mol. The summed E-state index contributed by atoms with van der Waals surface area (Å²) in [7, 11) is 0. The lowest BCUT2D eigenvalue weighted by Gasteiger charge is -2.20. The maximum Gasteiger partial charge on any atom is 0.326 e. The van der Waals surface area contributed by atoms with Gasteiger partial charge in [0.2, 0.25) is 0 Å². The minimum atomic E-state index is -1.02. The van der Waals surface area contributed by atoms with Gasteiger partial charge in [-0.1, -0.05) is 51.1 Å². The van der Waals surface area contributed by atoms with Gasteiger partial charge in [0.05, 0.1) is 0 Å². The van der Waals surface area contributed by atoms with Crippen LogP contribution in [-0.4, -0.2) is 29.7 Å². The van der Waals surface area contributed by atoms with E-state index in [0.29, 0.717) is 19.4 Å². The summed E-state index contributed by atoms with van der Waals surface area (Å²) in [4.78, 5) is 22.9. The van der Waals surface area contributed by atoms with Crippen LogP contribution in [0.2, 0.25) is 0 Å². The van der Waals surface area contributed by atoms with Gasteiger partial charge in [-0.2, -0.15) is 0 Å². The van der Waals surface area contributed by atoms with E-state index in [1.54, 1.807) is 0 Å². The van der Waals surface area contributed by atoms with Crippen LogP contribution in [0.5, 0.6) is 0 Å². The molecule has 3 N–H and O–H groups in total. The first kappa shape index (κ1) is 17.0. The Kier molecular flexibility index (Phi) is 6.21. The van der Waals surface area contributed by atoms with Gasteiger partial charge in [0.1, 0.15) is 6.04 Å². The Morgan fingerprint density at radius 3 is 2.33 bits per heavy atom. The van der Waals surface area contributed by atoms with Crippen molar-refractivity contribution in [1.29, 1.82) is 0 Å². The zero-order valence-electron chi connectivity index (χ0n) is 12.8. The third kappa shape index (κ3) is 7.34. The molecule has 0 heterocycles. The highest BCUT2D eigenvalue weighted by molar-refractivity contribution is 5.82. The van der Waals surface area contributed by atoms with Crippen molar-refractivity contribution in [3.05, 3.63) is 35.9 Å². The highest BCUT2D eigenvalue weighted by atomic mass is 16.4. The zero-order valence-corrected chi connectivity index (χ0v) is 12.8. The maximum absolute atomic E-state index is 11.7. The maximum atomic E-state index is 11.7. The molecule has 0 bridgehead atoms. The van der Waals surface area contributed by atoms with Gasteiger partial charge in [-0.15, -0.1) is 0 Å². The molecule has 5 nitrogen and oxygen atoms in total. The Hall–Kier alpha value is -2.04. The predicted molar refractivity (Wildman–Crippen MR) is 82.2 cm³/mol. The molecular weight excluding hydrogens is 268 g/mol. The molecule has 21 heavy (non-hydrogen) atoms. The minimum Gasteiger partial charge on any atom is -0.480 e. The summed E-state index contributed by atoms with van der Waals surface area (Å²) in [6.07, 6.45) is 0.972. The van der Waals surface area contributed by atoms with Crippen LogP contribution in [0.25, 0.3) is 0 Å². The summed E-state index contributed by atoms with van der Waals surface area (Å²) >= 11 is 0. The van der Waals surface area contributed by atoms with Gasteiger partial charge in [-0.05, 0) is 23.8 Å². The Bertz CT molecular complexity index is 466. The molecule has 0 saturated carbocycles. The molecule has 1 atom stereocenters. The van der Waals surface area contributed by atoms with Crippen LogP contribution in [0.4, 0.5) is 4.79 Å². The van der Waals surface area contributed by atoms with E-state index in [-0.39, 0.29) is 5.41 Å². The lowest BCUT2D eigenvalue weighted by molar-refractivity contribution is -0.139. The summed E-state index contributed by atoms with van der Waals surface area (Å²) in [6.45, 7) is 6.48. The van der Waals surface area contributed by atoms with Crippen LogP contribution in [0.1, 0.15) is 32.8 Å². The molecule has 0 unspecified atom stereocenters. The second-order valence-electron chi connectivity index (χ2n) is 6.30. The molecule has 1 rings (SSSR count). The summed E-state index contributed by atoms with van der Waals surface area (Å²) < 4.78 is 0. The highest BCUT2D eigenvalue weighted by Gasteiger charge is 2.20. The van der Waals surface area contributed by atoms with Crippen LogP contribution >= 0.6 is 0 Å². The number of hydrogen-bond donors (Lipinski definition) is 3. The predicted octanol–water partition coefficient (Wildman–Crippen LogP) is 2.42. The zero-order chi connectivity index (χ0) is 15.9. The molecule has 0 saturated heterocycles. The van der Waals surface area contributed by atoms with Gasteiger partial charge in [0.25, 0.3) is 0 Å². The fraction of sp³-hybridized carbons (Fsp3) is 0.500. The molecule has 0 fully saturated rings. The first-order valence-electron chi connectivity index (χ1n) is 7.09. The normalized spacial score (nSPS) is 12.5. The molecule has 1 aromatic carbocycles. The third-order valence-corrected chi connectivity index (χ3v) is 2.95. The van der Waals surface area contributed by atoms with Crippen molar-refractivity contribution in [1.82, 2.24) is 10.6 Å².